The number of alkyl halides is 6. The van der Waals surface area contributed by atoms with Crippen molar-refractivity contribution in [2.45, 2.75) is 50.9 Å². The number of nitrogens with zero attached hydrogens (tertiary/aromatic N) is 3. The highest BCUT2D eigenvalue weighted by Crippen LogP contribution is 2.37. The SMILES string of the molecule is C[C@@H]1CN(CCN2CCN(C(=O)c3cc(C(F)(F)F)cc(C(F)(F)F)c3)[C@H](Cc3ccc(F)c(O)c3)C2)C[C@H](C)O1. The lowest BCUT2D eigenvalue weighted by atomic mass is 9.99. The van der Waals surface area contributed by atoms with Gasteiger partial charge in [0, 0.05) is 57.4 Å². The Bertz CT molecular complexity index is 1200. The molecule has 226 valence electrons. The van der Waals surface area contributed by atoms with Crippen LogP contribution < -0.4 is 0 Å². The van der Waals surface area contributed by atoms with Gasteiger partial charge in [0.05, 0.1) is 23.3 Å². The lowest BCUT2D eigenvalue weighted by Crippen LogP contribution is -2.57. The average Bonchev–Trinajstić information content (AvgIpc) is 2.87. The third-order valence-electron chi connectivity index (χ3n) is 7.37. The van der Waals surface area contributed by atoms with Crippen LogP contribution in [0.2, 0.25) is 0 Å². The van der Waals surface area contributed by atoms with Gasteiger partial charge in [0.1, 0.15) is 0 Å². The van der Waals surface area contributed by atoms with Crippen LogP contribution in [0.25, 0.3) is 0 Å². The Balaban J connectivity index is 1.58. The summed E-state index contributed by atoms with van der Waals surface area (Å²) in [7, 11) is 0. The summed E-state index contributed by atoms with van der Waals surface area (Å²) in [5.74, 6) is -2.41. The smallest absolute Gasteiger partial charge is 0.416 e. The summed E-state index contributed by atoms with van der Waals surface area (Å²) in [6, 6.07) is 3.87. The minimum Gasteiger partial charge on any atom is -0.505 e. The molecule has 2 aliphatic rings. The molecule has 1 N–H and O–H groups in total. The van der Waals surface area contributed by atoms with Crippen LogP contribution >= 0.6 is 0 Å². The van der Waals surface area contributed by atoms with Crippen molar-refractivity contribution in [1.29, 1.82) is 0 Å². The molecule has 0 radical (unpaired) electrons. The number of piperazine rings is 1. The first kappa shape index (κ1) is 31.0. The molecular weight excluding hydrogens is 559 g/mol. The van der Waals surface area contributed by atoms with Crippen LogP contribution in [0.5, 0.6) is 5.75 Å². The molecule has 0 aromatic heterocycles. The first-order valence-corrected chi connectivity index (χ1v) is 13.3. The normalized spacial score (nSPS) is 23.1. The Labute approximate surface area is 233 Å². The number of phenols is 1. The molecular formula is C28H32F7N3O3. The van der Waals surface area contributed by atoms with Gasteiger partial charge < -0.3 is 14.7 Å². The van der Waals surface area contributed by atoms with Crippen molar-refractivity contribution in [3.8, 4) is 5.75 Å². The number of phenolic OH excluding ortho intramolecular Hbond substituents is 1. The van der Waals surface area contributed by atoms with E-state index >= 15 is 0 Å². The van der Waals surface area contributed by atoms with E-state index in [9.17, 15) is 40.6 Å². The van der Waals surface area contributed by atoms with Gasteiger partial charge in [-0.25, -0.2) is 4.39 Å². The Morgan fingerprint density at radius 3 is 2.02 bits per heavy atom. The number of hydrogen-bond acceptors (Lipinski definition) is 5. The number of morpholine rings is 1. The fourth-order valence-electron chi connectivity index (χ4n) is 5.52. The zero-order valence-electron chi connectivity index (χ0n) is 22.6. The van der Waals surface area contributed by atoms with E-state index < -0.39 is 52.6 Å². The van der Waals surface area contributed by atoms with E-state index in [4.69, 9.17) is 4.74 Å². The third-order valence-corrected chi connectivity index (χ3v) is 7.37. The summed E-state index contributed by atoms with van der Waals surface area (Å²) in [5.41, 5.74) is -3.39. The van der Waals surface area contributed by atoms with Crippen molar-refractivity contribution in [1.82, 2.24) is 14.7 Å². The number of hydrogen-bond donors (Lipinski definition) is 1. The van der Waals surface area contributed by atoms with Crippen LogP contribution in [0.15, 0.2) is 36.4 Å². The molecule has 1 amide bonds. The summed E-state index contributed by atoms with van der Waals surface area (Å²) in [5, 5.41) is 9.82. The van der Waals surface area contributed by atoms with Gasteiger partial charge in [-0.3, -0.25) is 14.6 Å². The van der Waals surface area contributed by atoms with Crippen molar-refractivity contribution >= 4 is 5.91 Å². The molecule has 2 aromatic carbocycles. The fourth-order valence-corrected chi connectivity index (χ4v) is 5.52. The van der Waals surface area contributed by atoms with Gasteiger partial charge in [-0.2, -0.15) is 26.3 Å². The molecule has 2 aliphatic heterocycles. The highest BCUT2D eigenvalue weighted by Gasteiger charge is 2.39. The van der Waals surface area contributed by atoms with Gasteiger partial charge in [0.2, 0.25) is 0 Å². The maximum atomic E-state index is 13.6. The Morgan fingerprint density at radius 2 is 1.46 bits per heavy atom. The summed E-state index contributed by atoms with van der Waals surface area (Å²) < 4.78 is 100. The van der Waals surface area contributed by atoms with Gasteiger partial charge in [0.25, 0.3) is 5.91 Å². The second-order valence-electron chi connectivity index (χ2n) is 10.8. The van der Waals surface area contributed by atoms with Crippen LogP contribution in [0.4, 0.5) is 30.7 Å². The number of benzene rings is 2. The molecule has 2 heterocycles. The van der Waals surface area contributed by atoms with Crippen molar-refractivity contribution in [3.63, 3.8) is 0 Å². The molecule has 0 bridgehead atoms. The van der Waals surface area contributed by atoms with E-state index in [1.54, 1.807) is 0 Å². The highest BCUT2D eigenvalue weighted by atomic mass is 19.4. The molecule has 4 rings (SSSR count). The molecule has 0 aliphatic carbocycles. The van der Waals surface area contributed by atoms with Crippen LogP contribution in [-0.4, -0.2) is 89.8 Å². The third kappa shape index (κ3) is 7.89. The minimum absolute atomic E-state index is 0.0131. The molecule has 0 spiro atoms. The zero-order valence-corrected chi connectivity index (χ0v) is 22.6. The molecule has 2 aromatic rings. The van der Waals surface area contributed by atoms with Crippen LogP contribution in [0.3, 0.4) is 0 Å². The summed E-state index contributed by atoms with van der Waals surface area (Å²) in [6.07, 6.45) is -9.93. The fraction of sp³-hybridized carbons (Fsp3) is 0.536. The summed E-state index contributed by atoms with van der Waals surface area (Å²) in [4.78, 5) is 19.1. The van der Waals surface area contributed by atoms with Gasteiger partial charge in [0.15, 0.2) is 11.6 Å². The van der Waals surface area contributed by atoms with Crippen LogP contribution in [0, 0.1) is 5.82 Å². The molecule has 2 fully saturated rings. The maximum absolute atomic E-state index is 13.6. The lowest BCUT2D eigenvalue weighted by molar-refractivity contribution is -0.143. The van der Waals surface area contributed by atoms with E-state index in [0.717, 1.165) is 19.2 Å². The van der Waals surface area contributed by atoms with Crippen LogP contribution in [-0.2, 0) is 23.5 Å². The first-order chi connectivity index (χ1) is 19.1. The molecule has 13 heteroatoms. The quantitative estimate of drug-likeness (QED) is 0.477. The lowest BCUT2D eigenvalue weighted by Gasteiger charge is -2.43. The van der Waals surface area contributed by atoms with E-state index in [1.807, 2.05) is 13.8 Å². The molecule has 0 unspecified atom stereocenters. The van der Waals surface area contributed by atoms with E-state index in [0.29, 0.717) is 37.3 Å². The standard InChI is InChI=1S/C28H32F7N3O3/c1-17-14-37(15-18(2)41-17)6-5-36-7-8-38(23(16-36)9-19-3-4-24(29)25(39)10-19)26(40)20-11-21(27(30,31)32)13-22(12-20)28(33,34)35/h3-4,10-13,17-18,23,39H,5-9,14-16H2,1-2H3/t17-,18+,23-/m1/s1. The number of halogens is 7. The summed E-state index contributed by atoms with van der Waals surface area (Å²) in [6.45, 7) is 7.49. The minimum atomic E-state index is -5.09. The summed E-state index contributed by atoms with van der Waals surface area (Å²) >= 11 is 0. The first-order valence-electron chi connectivity index (χ1n) is 13.3. The molecule has 2 saturated heterocycles. The van der Waals surface area contributed by atoms with Crippen LogP contribution in [0.1, 0.15) is 40.9 Å². The van der Waals surface area contributed by atoms with Crippen molar-refractivity contribution in [2.24, 2.45) is 0 Å². The van der Waals surface area contributed by atoms with E-state index in [1.165, 1.54) is 17.0 Å². The van der Waals surface area contributed by atoms with E-state index in [-0.39, 0.29) is 37.8 Å². The maximum Gasteiger partial charge on any atom is 0.416 e. The number of ether oxygens (including phenoxy) is 1. The molecule has 3 atom stereocenters. The predicted octanol–water partition coefficient (Wildman–Crippen LogP) is 5.05. The Kier molecular flexibility index (Phi) is 9.19. The highest BCUT2D eigenvalue weighted by molar-refractivity contribution is 5.95. The molecule has 6 nitrogen and oxygen atoms in total. The Morgan fingerprint density at radius 1 is 0.878 bits per heavy atom. The van der Waals surface area contributed by atoms with Crippen molar-refractivity contribution < 1.29 is 45.4 Å². The largest absolute Gasteiger partial charge is 0.505 e. The van der Waals surface area contributed by atoms with Crippen molar-refractivity contribution in [3.05, 3.63) is 64.5 Å². The second-order valence-corrected chi connectivity index (χ2v) is 10.8. The van der Waals surface area contributed by atoms with E-state index in [2.05, 4.69) is 9.80 Å². The van der Waals surface area contributed by atoms with Gasteiger partial charge in [-0.05, 0) is 56.2 Å². The predicted molar refractivity (Wildman–Crippen MR) is 136 cm³/mol. The number of carbonyl (C=O) groups is 1. The van der Waals surface area contributed by atoms with Gasteiger partial charge >= 0.3 is 12.4 Å². The number of rotatable bonds is 6. The monoisotopic (exact) mass is 591 g/mol. The topological polar surface area (TPSA) is 56.2 Å². The number of carbonyl (C=O) groups excluding carboxylic acids is 1. The number of amides is 1. The zero-order chi connectivity index (χ0) is 30.1. The average molecular weight is 592 g/mol. The van der Waals surface area contributed by atoms with Gasteiger partial charge in [-0.1, -0.05) is 6.07 Å². The van der Waals surface area contributed by atoms with Crippen molar-refractivity contribution in [2.75, 3.05) is 45.8 Å². The Hall–Kier alpha value is -2.90. The molecule has 0 saturated carbocycles. The van der Waals surface area contributed by atoms with Gasteiger partial charge in [-0.15, -0.1) is 0 Å². The second kappa shape index (κ2) is 12.1. The molecule has 41 heavy (non-hydrogen) atoms. The number of aromatic hydroxyl groups is 1.